The number of nitrogens with zero attached hydrogens (tertiary/aromatic N) is 3. The summed E-state index contributed by atoms with van der Waals surface area (Å²) < 4.78 is 1.14. The van der Waals surface area contributed by atoms with E-state index in [0.717, 1.165) is 51.0 Å². The largest absolute Gasteiger partial charge is 0.369 e. The van der Waals surface area contributed by atoms with Gasteiger partial charge in [-0.05, 0) is 42.9 Å². The molecule has 0 unspecified atom stereocenters. The van der Waals surface area contributed by atoms with Crippen molar-refractivity contribution >= 4 is 39.7 Å². The second-order valence-corrected chi connectivity index (χ2v) is 6.71. The number of hydrogen-bond donors (Lipinski definition) is 1. The fourth-order valence-electron chi connectivity index (χ4n) is 1.96. The Kier molecular flexibility index (Phi) is 5.71. The molecule has 0 aliphatic rings. The Labute approximate surface area is 137 Å². The fraction of sp³-hybridized carbons (Fsp3) is 0.500. The molecule has 0 saturated heterocycles. The minimum Gasteiger partial charge on any atom is -0.369 e. The first-order chi connectivity index (χ1) is 9.63. The Morgan fingerprint density at radius 1 is 1.25 bits per heavy atom. The lowest BCUT2D eigenvalue weighted by atomic mass is 10.2. The van der Waals surface area contributed by atoms with Crippen LogP contribution in [0.3, 0.4) is 0 Å². The monoisotopic (exact) mass is 402 g/mol. The summed E-state index contributed by atoms with van der Waals surface area (Å²) in [5, 5.41) is 6.51. The molecule has 0 bridgehead atoms. The van der Waals surface area contributed by atoms with Crippen LogP contribution >= 0.6 is 33.9 Å². The van der Waals surface area contributed by atoms with Gasteiger partial charge >= 0.3 is 0 Å². The zero-order valence-corrected chi connectivity index (χ0v) is 15.0. The van der Waals surface area contributed by atoms with Gasteiger partial charge in [-0.15, -0.1) is 11.3 Å². The maximum atomic E-state index is 4.72. The molecular weight excluding hydrogens is 383 g/mol. The third-order valence-corrected chi connectivity index (χ3v) is 4.76. The van der Waals surface area contributed by atoms with Crippen molar-refractivity contribution in [2.45, 2.75) is 40.0 Å². The minimum absolute atomic E-state index is 0.705. The van der Waals surface area contributed by atoms with Gasteiger partial charge in [0.2, 0.25) is 0 Å². The van der Waals surface area contributed by atoms with Crippen molar-refractivity contribution < 1.29 is 0 Å². The van der Waals surface area contributed by atoms with Crippen LogP contribution in [0.25, 0.3) is 0 Å². The summed E-state index contributed by atoms with van der Waals surface area (Å²) in [6.45, 7) is 7.15. The molecular formula is C14H19IN4S. The van der Waals surface area contributed by atoms with Gasteiger partial charge in [0, 0.05) is 11.9 Å². The fourth-order valence-corrected chi connectivity index (χ4v) is 3.28. The third-order valence-electron chi connectivity index (χ3n) is 2.80. The molecule has 0 saturated carbocycles. The lowest BCUT2D eigenvalue weighted by Crippen LogP contribution is -2.10. The van der Waals surface area contributed by atoms with Crippen molar-refractivity contribution in [1.29, 1.82) is 0 Å². The number of aryl methyl sites for hydroxylation is 2. The maximum Gasteiger partial charge on any atom is 0.143 e. The van der Waals surface area contributed by atoms with Gasteiger partial charge in [-0.1, -0.05) is 13.3 Å². The Balaban J connectivity index is 2.31. The molecule has 0 atom stereocenters. The van der Waals surface area contributed by atoms with E-state index in [2.05, 4.69) is 57.1 Å². The second kappa shape index (κ2) is 7.31. The Bertz CT molecular complexity index is 555. The molecule has 0 aliphatic carbocycles. The minimum atomic E-state index is 0.705. The zero-order valence-electron chi connectivity index (χ0n) is 12.0. The number of halogens is 1. The highest BCUT2D eigenvalue weighted by Gasteiger charge is 2.12. The van der Waals surface area contributed by atoms with Crippen molar-refractivity contribution in [2.24, 2.45) is 0 Å². The molecule has 0 aromatic carbocycles. The first-order valence-corrected chi connectivity index (χ1v) is 8.80. The lowest BCUT2D eigenvalue weighted by molar-refractivity contribution is 0.828. The molecule has 2 rings (SSSR count). The zero-order chi connectivity index (χ0) is 14.5. The molecule has 2 aromatic rings. The standard InChI is InChI=1S/C14H19IN4S/c1-4-6-11-13(15)14(16-5-2)19-12(18-11)7-10-8-20-9(3)17-10/h8H,4-7H2,1-3H3,(H,16,18,19). The molecule has 0 spiro atoms. The van der Waals surface area contributed by atoms with Crippen LogP contribution in [0.15, 0.2) is 5.38 Å². The summed E-state index contributed by atoms with van der Waals surface area (Å²) in [7, 11) is 0. The van der Waals surface area contributed by atoms with Gasteiger partial charge in [0.25, 0.3) is 0 Å². The first kappa shape index (κ1) is 15.6. The molecule has 2 heterocycles. The van der Waals surface area contributed by atoms with Crippen LogP contribution < -0.4 is 5.32 Å². The van der Waals surface area contributed by atoms with Gasteiger partial charge < -0.3 is 5.32 Å². The third kappa shape index (κ3) is 3.88. The number of hydrogen-bond acceptors (Lipinski definition) is 5. The molecule has 0 amide bonds. The number of thiazole rings is 1. The van der Waals surface area contributed by atoms with Gasteiger partial charge in [0.05, 0.1) is 26.4 Å². The van der Waals surface area contributed by atoms with Crippen LogP contribution in [0.2, 0.25) is 0 Å². The van der Waals surface area contributed by atoms with Crippen LogP contribution in [0, 0.1) is 10.5 Å². The molecule has 4 nitrogen and oxygen atoms in total. The Morgan fingerprint density at radius 2 is 2.05 bits per heavy atom. The van der Waals surface area contributed by atoms with Crippen LogP contribution in [0.4, 0.5) is 5.82 Å². The smallest absolute Gasteiger partial charge is 0.143 e. The molecule has 0 aliphatic heterocycles. The number of rotatable bonds is 6. The highest BCUT2D eigenvalue weighted by molar-refractivity contribution is 14.1. The van der Waals surface area contributed by atoms with Crippen molar-refractivity contribution in [2.75, 3.05) is 11.9 Å². The van der Waals surface area contributed by atoms with Gasteiger partial charge in [-0.25, -0.2) is 15.0 Å². The summed E-state index contributed by atoms with van der Waals surface area (Å²) in [6.07, 6.45) is 2.78. The molecule has 1 N–H and O–H groups in total. The van der Waals surface area contributed by atoms with Crippen LogP contribution in [-0.4, -0.2) is 21.5 Å². The summed E-state index contributed by atoms with van der Waals surface area (Å²) in [6, 6.07) is 0. The quantitative estimate of drug-likeness (QED) is 0.747. The first-order valence-electron chi connectivity index (χ1n) is 6.84. The highest BCUT2D eigenvalue weighted by Crippen LogP contribution is 2.21. The molecule has 0 fully saturated rings. The summed E-state index contributed by atoms with van der Waals surface area (Å²) in [5.74, 6) is 1.81. The molecule has 2 aromatic heterocycles. The average molecular weight is 402 g/mol. The van der Waals surface area contributed by atoms with Gasteiger partial charge in [0.15, 0.2) is 0 Å². The molecule has 6 heteroatoms. The van der Waals surface area contributed by atoms with Crippen molar-refractivity contribution in [1.82, 2.24) is 15.0 Å². The summed E-state index contributed by atoms with van der Waals surface area (Å²) >= 11 is 4.01. The second-order valence-electron chi connectivity index (χ2n) is 4.56. The van der Waals surface area contributed by atoms with Crippen LogP contribution in [0.5, 0.6) is 0 Å². The van der Waals surface area contributed by atoms with E-state index in [1.165, 1.54) is 0 Å². The molecule has 108 valence electrons. The summed E-state index contributed by atoms with van der Waals surface area (Å²) in [5.41, 5.74) is 2.19. The molecule has 20 heavy (non-hydrogen) atoms. The Hall–Kier alpha value is -0.760. The van der Waals surface area contributed by atoms with Crippen molar-refractivity contribution in [3.8, 4) is 0 Å². The topological polar surface area (TPSA) is 50.7 Å². The normalized spacial score (nSPS) is 10.8. The Morgan fingerprint density at radius 3 is 2.65 bits per heavy atom. The van der Waals surface area contributed by atoms with E-state index in [1.807, 2.05) is 6.92 Å². The van der Waals surface area contributed by atoms with Crippen molar-refractivity contribution in [3.05, 3.63) is 31.2 Å². The van der Waals surface area contributed by atoms with E-state index in [0.29, 0.717) is 6.42 Å². The van der Waals surface area contributed by atoms with Gasteiger partial charge in [0.1, 0.15) is 11.6 Å². The van der Waals surface area contributed by atoms with Crippen LogP contribution in [0.1, 0.15) is 42.5 Å². The average Bonchev–Trinajstić information content (AvgIpc) is 2.81. The lowest BCUT2D eigenvalue weighted by Gasteiger charge is -2.11. The number of aromatic nitrogens is 3. The highest BCUT2D eigenvalue weighted by atomic mass is 127. The predicted molar refractivity (Wildman–Crippen MR) is 92.6 cm³/mol. The van der Waals surface area contributed by atoms with E-state index in [-0.39, 0.29) is 0 Å². The van der Waals surface area contributed by atoms with Crippen molar-refractivity contribution in [3.63, 3.8) is 0 Å². The van der Waals surface area contributed by atoms with Crippen LogP contribution in [-0.2, 0) is 12.8 Å². The SMILES string of the molecule is CCCc1nc(Cc2csc(C)n2)nc(NCC)c1I. The molecule has 0 radical (unpaired) electrons. The maximum absolute atomic E-state index is 4.72. The number of nitrogens with one attached hydrogen (secondary N) is 1. The van der Waals surface area contributed by atoms with E-state index >= 15 is 0 Å². The van der Waals surface area contributed by atoms with Gasteiger partial charge in [-0.2, -0.15) is 0 Å². The van der Waals surface area contributed by atoms with Gasteiger partial charge in [-0.3, -0.25) is 0 Å². The summed E-state index contributed by atoms with van der Waals surface area (Å²) in [4.78, 5) is 13.9. The number of anilines is 1. The van der Waals surface area contributed by atoms with E-state index < -0.39 is 0 Å². The predicted octanol–water partition coefficient (Wildman–Crippen LogP) is 3.82. The van der Waals surface area contributed by atoms with E-state index in [9.17, 15) is 0 Å². The van der Waals surface area contributed by atoms with E-state index in [1.54, 1.807) is 11.3 Å². The van der Waals surface area contributed by atoms with E-state index in [4.69, 9.17) is 4.98 Å².